The molecule has 0 aliphatic carbocycles. The molecule has 84 valence electrons. The minimum Gasteiger partial charge on any atom is -0.478 e. The van der Waals surface area contributed by atoms with Crippen molar-refractivity contribution in [2.24, 2.45) is 9.98 Å². The Kier molecular flexibility index (Phi) is 3.46. The molecule has 1 atom stereocenters. The van der Waals surface area contributed by atoms with Crippen molar-refractivity contribution in [2.45, 2.75) is 18.9 Å². The number of aliphatic imine (C=N–C) groups is 2. The van der Waals surface area contributed by atoms with Gasteiger partial charge in [0.2, 0.25) is 0 Å². The third-order valence-corrected chi connectivity index (χ3v) is 3.28. The lowest BCUT2D eigenvalue weighted by Gasteiger charge is -2.09. The molecule has 0 fully saturated rings. The zero-order valence-corrected chi connectivity index (χ0v) is 9.48. The highest BCUT2D eigenvalue weighted by atomic mass is 32.1. The van der Waals surface area contributed by atoms with Crippen LogP contribution in [0, 0.1) is 0 Å². The minimum atomic E-state index is -0.856. The first-order valence-corrected chi connectivity index (χ1v) is 6.01. The van der Waals surface area contributed by atoms with E-state index in [-0.39, 0.29) is 6.04 Å². The fraction of sp³-hybridized carbons (Fsp3) is 0.364. The summed E-state index contributed by atoms with van der Waals surface area (Å²) in [5, 5.41) is 12.6. The monoisotopic (exact) mass is 236 g/mol. The lowest BCUT2D eigenvalue weighted by molar-refractivity contribution is 0.0696. The average molecular weight is 236 g/mol. The van der Waals surface area contributed by atoms with Gasteiger partial charge in [0.25, 0.3) is 0 Å². The van der Waals surface area contributed by atoms with Gasteiger partial charge in [0.1, 0.15) is 0 Å². The van der Waals surface area contributed by atoms with Crippen molar-refractivity contribution in [3.05, 3.63) is 21.9 Å². The lowest BCUT2D eigenvalue weighted by atomic mass is 10.0. The molecule has 1 N–H and O–H groups in total. The molecular formula is C11H12N2O2S. The quantitative estimate of drug-likeness (QED) is 0.871. The predicted molar refractivity (Wildman–Crippen MR) is 65.2 cm³/mol. The van der Waals surface area contributed by atoms with Crippen molar-refractivity contribution in [1.29, 1.82) is 0 Å². The molecule has 1 aromatic heterocycles. The van der Waals surface area contributed by atoms with E-state index in [9.17, 15) is 4.79 Å². The molecule has 0 amide bonds. The Morgan fingerprint density at radius 1 is 1.50 bits per heavy atom. The summed E-state index contributed by atoms with van der Waals surface area (Å²) in [5.41, 5.74) is 1.28. The zero-order chi connectivity index (χ0) is 11.4. The van der Waals surface area contributed by atoms with Gasteiger partial charge in [-0.3, -0.25) is 9.98 Å². The first kappa shape index (κ1) is 11.0. The van der Waals surface area contributed by atoms with Crippen LogP contribution >= 0.6 is 11.3 Å². The van der Waals surface area contributed by atoms with Gasteiger partial charge in [-0.15, -0.1) is 0 Å². The Labute approximate surface area is 97.4 Å². The molecule has 0 aromatic carbocycles. The van der Waals surface area contributed by atoms with Crippen molar-refractivity contribution in [2.75, 3.05) is 6.54 Å². The molecule has 1 aromatic rings. The summed E-state index contributed by atoms with van der Waals surface area (Å²) in [4.78, 5) is 19.4. The van der Waals surface area contributed by atoms with E-state index in [0.717, 1.165) is 18.5 Å². The molecular weight excluding hydrogens is 224 g/mol. The van der Waals surface area contributed by atoms with Crippen molar-refractivity contribution < 1.29 is 9.90 Å². The van der Waals surface area contributed by atoms with E-state index >= 15 is 0 Å². The van der Waals surface area contributed by atoms with Crippen LogP contribution < -0.4 is 0 Å². The van der Waals surface area contributed by atoms with Crippen LogP contribution in [0.3, 0.4) is 0 Å². The van der Waals surface area contributed by atoms with Crippen LogP contribution in [0.5, 0.6) is 0 Å². The first-order valence-electron chi connectivity index (χ1n) is 5.07. The predicted octanol–water partition coefficient (Wildman–Crippen LogP) is 1.90. The smallest absolute Gasteiger partial charge is 0.336 e. The number of nitrogens with zero attached hydrogens (tertiary/aromatic N) is 2. The Morgan fingerprint density at radius 3 is 3.19 bits per heavy atom. The second-order valence-corrected chi connectivity index (χ2v) is 4.36. The maximum absolute atomic E-state index is 10.9. The van der Waals surface area contributed by atoms with Crippen molar-refractivity contribution in [3.63, 3.8) is 0 Å². The number of aromatic carboxylic acids is 1. The summed E-state index contributed by atoms with van der Waals surface area (Å²) in [6, 6.07) is 0.148. The molecule has 0 saturated carbocycles. The molecule has 2 heterocycles. The second kappa shape index (κ2) is 5.03. The largest absolute Gasteiger partial charge is 0.478 e. The molecule has 1 unspecified atom stereocenters. The van der Waals surface area contributed by atoms with Gasteiger partial charge in [-0.25, -0.2) is 4.79 Å². The summed E-state index contributed by atoms with van der Waals surface area (Å²) >= 11 is 1.42. The minimum absolute atomic E-state index is 0.148. The first-order chi connectivity index (χ1) is 7.77. The van der Waals surface area contributed by atoms with E-state index in [2.05, 4.69) is 9.98 Å². The molecule has 16 heavy (non-hydrogen) atoms. The Balaban J connectivity index is 2.08. The van der Waals surface area contributed by atoms with Crippen molar-refractivity contribution in [1.82, 2.24) is 0 Å². The van der Waals surface area contributed by atoms with Gasteiger partial charge < -0.3 is 5.11 Å². The van der Waals surface area contributed by atoms with E-state index in [1.807, 2.05) is 5.38 Å². The average Bonchev–Trinajstić information content (AvgIpc) is 2.55. The fourth-order valence-corrected chi connectivity index (χ4v) is 2.50. The molecule has 1 aliphatic heterocycles. The SMILES string of the molecule is O=C(O)c1cscc1CC1CCN=CC=N1. The second-order valence-electron chi connectivity index (χ2n) is 3.62. The Hall–Kier alpha value is -1.49. The van der Waals surface area contributed by atoms with Gasteiger partial charge in [-0.2, -0.15) is 11.3 Å². The number of hydrogen-bond acceptors (Lipinski definition) is 4. The molecule has 5 heteroatoms. The number of carbonyl (C=O) groups is 1. The van der Waals surface area contributed by atoms with E-state index in [4.69, 9.17) is 5.11 Å². The third kappa shape index (κ3) is 2.55. The summed E-state index contributed by atoms with van der Waals surface area (Å²) in [5.74, 6) is -0.856. The van der Waals surface area contributed by atoms with Crippen LogP contribution in [0.1, 0.15) is 22.3 Å². The van der Waals surface area contributed by atoms with Crippen LogP contribution in [0.25, 0.3) is 0 Å². The van der Waals surface area contributed by atoms with Crippen LogP contribution in [-0.4, -0.2) is 36.1 Å². The molecule has 0 spiro atoms. The van der Waals surface area contributed by atoms with Crippen molar-refractivity contribution >= 4 is 29.7 Å². The molecule has 0 bridgehead atoms. The highest BCUT2D eigenvalue weighted by molar-refractivity contribution is 7.08. The Morgan fingerprint density at radius 2 is 2.38 bits per heavy atom. The summed E-state index contributed by atoms with van der Waals surface area (Å²) in [7, 11) is 0. The fourth-order valence-electron chi connectivity index (χ4n) is 1.66. The van der Waals surface area contributed by atoms with Crippen LogP contribution in [-0.2, 0) is 6.42 Å². The highest BCUT2D eigenvalue weighted by Gasteiger charge is 2.15. The van der Waals surface area contributed by atoms with Gasteiger partial charge in [0.05, 0.1) is 11.6 Å². The third-order valence-electron chi connectivity index (χ3n) is 2.49. The van der Waals surface area contributed by atoms with Gasteiger partial charge in [0, 0.05) is 24.4 Å². The van der Waals surface area contributed by atoms with Crippen LogP contribution in [0.15, 0.2) is 20.7 Å². The van der Waals surface area contributed by atoms with E-state index in [0.29, 0.717) is 12.0 Å². The molecule has 2 rings (SSSR count). The summed E-state index contributed by atoms with van der Waals surface area (Å²) < 4.78 is 0. The highest BCUT2D eigenvalue weighted by Crippen LogP contribution is 2.19. The number of carboxylic acid groups (broad SMARTS) is 1. The van der Waals surface area contributed by atoms with Gasteiger partial charge >= 0.3 is 5.97 Å². The van der Waals surface area contributed by atoms with Gasteiger partial charge in [-0.05, 0) is 23.8 Å². The summed E-state index contributed by atoms with van der Waals surface area (Å²) in [6.45, 7) is 0.761. The normalized spacial score (nSPS) is 19.6. The van der Waals surface area contributed by atoms with Gasteiger partial charge in [0.15, 0.2) is 0 Å². The van der Waals surface area contributed by atoms with Gasteiger partial charge in [-0.1, -0.05) is 0 Å². The van der Waals surface area contributed by atoms with E-state index < -0.39 is 5.97 Å². The maximum atomic E-state index is 10.9. The number of thiophene rings is 1. The summed E-state index contributed by atoms with van der Waals surface area (Å²) in [6.07, 6.45) is 4.96. The lowest BCUT2D eigenvalue weighted by Crippen LogP contribution is -2.11. The standard InChI is InChI=1S/C11H12N2O2S/c14-11(15)10-7-16-6-8(10)5-9-1-2-12-3-4-13-9/h3-4,6-7,9H,1-2,5H2,(H,14,15). The van der Waals surface area contributed by atoms with Crippen molar-refractivity contribution in [3.8, 4) is 0 Å². The van der Waals surface area contributed by atoms with Crippen LogP contribution in [0.2, 0.25) is 0 Å². The molecule has 1 aliphatic rings. The Bertz CT molecular complexity index is 437. The maximum Gasteiger partial charge on any atom is 0.336 e. The zero-order valence-electron chi connectivity index (χ0n) is 8.67. The molecule has 4 nitrogen and oxygen atoms in total. The van der Waals surface area contributed by atoms with Crippen LogP contribution in [0.4, 0.5) is 0 Å². The number of hydrogen-bond donors (Lipinski definition) is 1. The number of rotatable bonds is 3. The van der Waals surface area contributed by atoms with E-state index in [1.165, 1.54) is 11.3 Å². The molecule has 0 radical (unpaired) electrons. The topological polar surface area (TPSA) is 62.0 Å². The number of carboxylic acids is 1. The van der Waals surface area contributed by atoms with E-state index in [1.54, 1.807) is 17.8 Å². The molecule has 0 saturated heterocycles.